The van der Waals surface area contributed by atoms with Gasteiger partial charge in [-0.05, 0) is 32.4 Å². The Bertz CT molecular complexity index is 548. The van der Waals surface area contributed by atoms with E-state index in [4.69, 9.17) is 0 Å². The molecule has 1 aromatic rings. The number of non-ortho nitro benzene ring substituents is 1. The van der Waals surface area contributed by atoms with E-state index < -0.39 is 4.92 Å². The Hall–Kier alpha value is -1.47. The molecule has 21 heavy (non-hydrogen) atoms. The average Bonchev–Trinajstić information content (AvgIpc) is 2.47. The average molecular weight is 356 g/mol. The number of amides is 1. The molecule has 7 heteroatoms. The number of likely N-dealkylation sites (N-methyl/N-ethyl adjacent to an activating group) is 1. The third-order valence-corrected chi connectivity index (χ3v) is 4.13. The number of carbonyl (C=O) groups is 1. The summed E-state index contributed by atoms with van der Waals surface area (Å²) in [5.41, 5.74) is 0.286. The Morgan fingerprint density at radius 1 is 1.48 bits per heavy atom. The third-order valence-electron chi connectivity index (χ3n) is 3.67. The van der Waals surface area contributed by atoms with Crippen LogP contribution in [0.5, 0.6) is 0 Å². The number of carbonyl (C=O) groups excluding carboxylic acids is 1. The summed E-state index contributed by atoms with van der Waals surface area (Å²) in [7, 11) is 1.86. The lowest BCUT2D eigenvalue weighted by Crippen LogP contribution is -2.48. The van der Waals surface area contributed by atoms with E-state index >= 15 is 0 Å². The van der Waals surface area contributed by atoms with E-state index in [0.29, 0.717) is 16.6 Å². The van der Waals surface area contributed by atoms with E-state index in [-0.39, 0.29) is 17.6 Å². The smallest absolute Gasteiger partial charge is 0.271 e. The van der Waals surface area contributed by atoms with Crippen LogP contribution in [0, 0.1) is 10.1 Å². The molecular weight excluding hydrogens is 338 g/mol. The van der Waals surface area contributed by atoms with Crippen molar-refractivity contribution in [2.24, 2.45) is 0 Å². The van der Waals surface area contributed by atoms with Crippen molar-refractivity contribution in [3.63, 3.8) is 0 Å². The summed E-state index contributed by atoms with van der Waals surface area (Å²) in [6.07, 6.45) is 3.04. The molecule has 1 heterocycles. The molecule has 1 amide bonds. The summed E-state index contributed by atoms with van der Waals surface area (Å²) in [5, 5.41) is 14.0. The highest BCUT2D eigenvalue weighted by molar-refractivity contribution is 9.10. The third kappa shape index (κ3) is 3.79. The predicted molar refractivity (Wildman–Crippen MR) is 83.4 cm³/mol. The van der Waals surface area contributed by atoms with E-state index in [0.717, 1.165) is 25.8 Å². The lowest BCUT2D eigenvalue weighted by Gasteiger charge is -2.35. The van der Waals surface area contributed by atoms with Crippen molar-refractivity contribution in [2.75, 3.05) is 20.1 Å². The van der Waals surface area contributed by atoms with Crippen LogP contribution in [0.4, 0.5) is 5.69 Å². The van der Waals surface area contributed by atoms with Crippen molar-refractivity contribution < 1.29 is 9.72 Å². The van der Waals surface area contributed by atoms with E-state index in [1.54, 1.807) is 6.07 Å². The molecule has 0 spiro atoms. The summed E-state index contributed by atoms with van der Waals surface area (Å²) in [4.78, 5) is 24.9. The van der Waals surface area contributed by atoms with Crippen molar-refractivity contribution in [3.05, 3.63) is 38.3 Å². The van der Waals surface area contributed by atoms with Crippen molar-refractivity contribution in [1.82, 2.24) is 10.2 Å². The van der Waals surface area contributed by atoms with Crippen molar-refractivity contribution in [3.8, 4) is 0 Å². The van der Waals surface area contributed by atoms with Crippen LogP contribution in [0.2, 0.25) is 0 Å². The van der Waals surface area contributed by atoms with Crippen LogP contribution in [0.3, 0.4) is 0 Å². The fourth-order valence-electron chi connectivity index (χ4n) is 2.68. The molecule has 2 rings (SSSR count). The molecule has 6 nitrogen and oxygen atoms in total. The van der Waals surface area contributed by atoms with Gasteiger partial charge in [0.25, 0.3) is 11.6 Å². The van der Waals surface area contributed by atoms with Crippen LogP contribution < -0.4 is 5.32 Å². The minimum atomic E-state index is -0.483. The number of piperidine rings is 1. The largest absolute Gasteiger partial charge is 0.334 e. The molecule has 114 valence electrons. The molecule has 1 atom stereocenters. The second-order valence-electron chi connectivity index (χ2n) is 5.16. The van der Waals surface area contributed by atoms with Gasteiger partial charge < -0.3 is 10.2 Å². The van der Waals surface area contributed by atoms with Crippen molar-refractivity contribution >= 4 is 27.5 Å². The Kier molecular flexibility index (Phi) is 5.30. The van der Waals surface area contributed by atoms with Crippen LogP contribution in [-0.2, 0) is 0 Å². The maximum Gasteiger partial charge on any atom is 0.271 e. The maximum absolute atomic E-state index is 12.7. The number of nitrogens with zero attached hydrogens (tertiary/aromatic N) is 2. The highest BCUT2D eigenvalue weighted by atomic mass is 79.9. The van der Waals surface area contributed by atoms with E-state index in [2.05, 4.69) is 21.2 Å². The number of nitro groups is 1. The Labute approximate surface area is 131 Å². The molecule has 0 saturated carbocycles. The number of likely N-dealkylation sites (tertiary alicyclic amines) is 1. The fourth-order valence-corrected chi connectivity index (χ4v) is 3.17. The Morgan fingerprint density at radius 3 is 2.90 bits per heavy atom. The van der Waals surface area contributed by atoms with Crippen molar-refractivity contribution in [1.29, 1.82) is 0 Å². The van der Waals surface area contributed by atoms with E-state index in [1.807, 2.05) is 11.9 Å². The first-order chi connectivity index (χ1) is 10.0. The molecule has 1 fully saturated rings. The zero-order valence-electron chi connectivity index (χ0n) is 11.8. The molecule has 0 bridgehead atoms. The van der Waals surface area contributed by atoms with Gasteiger partial charge in [0.15, 0.2) is 0 Å². The first kappa shape index (κ1) is 15.9. The summed E-state index contributed by atoms with van der Waals surface area (Å²) in [6.45, 7) is 1.44. The monoisotopic (exact) mass is 355 g/mol. The first-order valence-electron chi connectivity index (χ1n) is 6.93. The highest BCUT2D eigenvalue weighted by Crippen LogP contribution is 2.25. The van der Waals surface area contributed by atoms with Crippen LogP contribution in [0.15, 0.2) is 22.7 Å². The maximum atomic E-state index is 12.7. The normalized spacial score (nSPS) is 18.6. The molecule has 1 N–H and O–H groups in total. The molecule has 1 unspecified atom stereocenters. The molecule has 1 saturated heterocycles. The second-order valence-corrected chi connectivity index (χ2v) is 6.08. The van der Waals surface area contributed by atoms with Gasteiger partial charge in [-0.1, -0.05) is 15.9 Å². The van der Waals surface area contributed by atoms with Gasteiger partial charge in [-0.2, -0.15) is 0 Å². The zero-order valence-corrected chi connectivity index (χ0v) is 13.4. The quantitative estimate of drug-likeness (QED) is 0.665. The lowest BCUT2D eigenvalue weighted by molar-refractivity contribution is -0.385. The number of benzene rings is 1. The van der Waals surface area contributed by atoms with Crippen LogP contribution >= 0.6 is 15.9 Å². The van der Waals surface area contributed by atoms with Crippen LogP contribution in [0.25, 0.3) is 0 Å². The van der Waals surface area contributed by atoms with Gasteiger partial charge in [-0.25, -0.2) is 0 Å². The molecule has 0 aromatic heterocycles. The number of nitro benzene ring substituents is 1. The minimum Gasteiger partial charge on any atom is -0.334 e. The number of rotatable bonds is 4. The van der Waals surface area contributed by atoms with Gasteiger partial charge in [0.05, 0.1) is 4.92 Å². The Balaban J connectivity index is 2.27. The molecule has 1 aromatic carbocycles. The van der Waals surface area contributed by atoms with Crippen LogP contribution in [-0.4, -0.2) is 41.9 Å². The molecule has 0 radical (unpaired) electrons. The van der Waals surface area contributed by atoms with Gasteiger partial charge in [0.2, 0.25) is 0 Å². The summed E-state index contributed by atoms with van der Waals surface area (Å²) >= 11 is 3.23. The standard InChI is InChI=1S/C14H18BrN3O3/c1-16-9-12-4-2-3-5-17(12)14(19)10-6-11(15)8-13(7-10)18(20)21/h6-8,12,16H,2-5,9H2,1H3. The Morgan fingerprint density at radius 2 is 2.24 bits per heavy atom. The summed E-state index contributed by atoms with van der Waals surface area (Å²) < 4.78 is 0.544. The van der Waals surface area contributed by atoms with E-state index in [9.17, 15) is 14.9 Å². The number of hydrogen-bond acceptors (Lipinski definition) is 4. The topological polar surface area (TPSA) is 75.5 Å². The zero-order chi connectivity index (χ0) is 15.4. The van der Waals surface area contributed by atoms with Crippen molar-refractivity contribution in [2.45, 2.75) is 25.3 Å². The predicted octanol–water partition coefficient (Wildman–Crippen LogP) is 2.57. The van der Waals surface area contributed by atoms with Crippen LogP contribution in [0.1, 0.15) is 29.6 Å². The number of nitrogens with one attached hydrogen (secondary N) is 1. The SMILES string of the molecule is CNCC1CCCCN1C(=O)c1cc(Br)cc([N+](=O)[O-])c1. The second kappa shape index (κ2) is 7.00. The molecule has 1 aliphatic heterocycles. The molecule has 1 aliphatic rings. The summed E-state index contributed by atoms with van der Waals surface area (Å²) in [5.74, 6) is -0.139. The lowest BCUT2D eigenvalue weighted by atomic mass is 10.0. The van der Waals surface area contributed by atoms with Gasteiger partial charge in [0, 0.05) is 41.3 Å². The fraction of sp³-hybridized carbons (Fsp3) is 0.500. The van der Waals surface area contributed by atoms with Gasteiger partial charge >= 0.3 is 0 Å². The van der Waals surface area contributed by atoms with Gasteiger partial charge in [-0.15, -0.1) is 0 Å². The minimum absolute atomic E-state index is 0.0742. The number of halogens is 1. The molecule has 0 aliphatic carbocycles. The summed E-state index contributed by atoms with van der Waals surface area (Å²) in [6, 6.07) is 4.53. The molecular formula is C14H18BrN3O3. The first-order valence-corrected chi connectivity index (χ1v) is 7.72. The highest BCUT2D eigenvalue weighted by Gasteiger charge is 2.28. The van der Waals surface area contributed by atoms with Gasteiger partial charge in [0.1, 0.15) is 0 Å². The van der Waals surface area contributed by atoms with E-state index in [1.165, 1.54) is 12.1 Å². The number of hydrogen-bond donors (Lipinski definition) is 1. The van der Waals surface area contributed by atoms with Gasteiger partial charge in [-0.3, -0.25) is 14.9 Å².